The summed E-state index contributed by atoms with van der Waals surface area (Å²) >= 11 is 0. The number of halogens is 3. The van der Waals surface area contributed by atoms with Crippen molar-refractivity contribution in [3.63, 3.8) is 0 Å². The molecule has 1 aromatic carbocycles. The molecule has 0 saturated carbocycles. The molecular weight excluding hydrogens is 419 g/mol. The van der Waals surface area contributed by atoms with Crippen molar-refractivity contribution in [3.05, 3.63) is 65.5 Å². The van der Waals surface area contributed by atoms with Gasteiger partial charge in [0.2, 0.25) is 11.8 Å². The van der Waals surface area contributed by atoms with Crippen LogP contribution in [0.25, 0.3) is 0 Å². The lowest BCUT2D eigenvalue weighted by molar-refractivity contribution is -0.138. The second-order valence-corrected chi connectivity index (χ2v) is 8.55. The lowest BCUT2D eigenvalue weighted by atomic mass is 9.99. The van der Waals surface area contributed by atoms with Crippen LogP contribution in [0.1, 0.15) is 54.8 Å². The first-order valence-corrected chi connectivity index (χ1v) is 11.0. The fourth-order valence-electron chi connectivity index (χ4n) is 4.70. The van der Waals surface area contributed by atoms with Crippen LogP contribution in [0.2, 0.25) is 0 Å². The number of hydrogen-bond donors (Lipinski definition) is 0. The van der Waals surface area contributed by atoms with Crippen LogP contribution in [0.15, 0.2) is 48.8 Å². The molecule has 2 aliphatic rings. The summed E-state index contributed by atoms with van der Waals surface area (Å²) in [5, 5.41) is 0. The summed E-state index contributed by atoms with van der Waals surface area (Å²) in [6.45, 7) is 0.942. The van der Waals surface area contributed by atoms with Crippen molar-refractivity contribution in [3.8, 4) is 0 Å². The summed E-state index contributed by atoms with van der Waals surface area (Å²) in [4.78, 5) is 33.5. The summed E-state index contributed by atoms with van der Waals surface area (Å²) in [6.07, 6.45) is 2.97. The van der Waals surface area contributed by atoms with E-state index in [9.17, 15) is 22.8 Å². The Bertz CT molecular complexity index is 964. The third kappa shape index (κ3) is 4.95. The summed E-state index contributed by atoms with van der Waals surface area (Å²) < 4.78 is 39.0. The third-order valence-electron chi connectivity index (χ3n) is 6.32. The number of aromatic nitrogens is 1. The summed E-state index contributed by atoms with van der Waals surface area (Å²) in [6, 6.07) is 8.81. The number of hydrogen-bond acceptors (Lipinski definition) is 3. The highest BCUT2D eigenvalue weighted by Gasteiger charge is 2.39. The molecule has 2 fully saturated rings. The smallest absolute Gasteiger partial charge is 0.338 e. The van der Waals surface area contributed by atoms with E-state index in [4.69, 9.17) is 0 Å². The van der Waals surface area contributed by atoms with Gasteiger partial charge < -0.3 is 9.80 Å². The second kappa shape index (κ2) is 9.30. The van der Waals surface area contributed by atoms with Crippen LogP contribution in [0.5, 0.6) is 0 Å². The molecule has 8 heteroatoms. The van der Waals surface area contributed by atoms with Crippen LogP contribution in [-0.4, -0.2) is 39.7 Å². The highest BCUT2D eigenvalue weighted by Crippen LogP contribution is 2.34. The van der Waals surface area contributed by atoms with Gasteiger partial charge in [0.05, 0.1) is 17.5 Å². The summed E-state index contributed by atoms with van der Waals surface area (Å²) in [5.41, 5.74) is 0.713. The lowest BCUT2D eigenvalue weighted by Crippen LogP contribution is -2.40. The van der Waals surface area contributed by atoms with E-state index in [-0.39, 0.29) is 37.4 Å². The van der Waals surface area contributed by atoms with Crippen LogP contribution in [0, 0.1) is 5.92 Å². The molecule has 0 spiro atoms. The van der Waals surface area contributed by atoms with Crippen molar-refractivity contribution in [1.82, 2.24) is 14.8 Å². The van der Waals surface area contributed by atoms with Gasteiger partial charge in [-0.3, -0.25) is 14.6 Å². The Hall–Kier alpha value is -2.90. The quantitative estimate of drug-likeness (QED) is 0.692. The molecule has 0 aliphatic carbocycles. The van der Waals surface area contributed by atoms with E-state index in [1.807, 2.05) is 17.0 Å². The van der Waals surface area contributed by atoms with Gasteiger partial charge in [-0.1, -0.05) is 25.0 Å². The molecule has 32 heavy (non-hydrogen) atoms. The Morgan fingerprint density at radius 1 is 1.09 bits per heavy atom. The third-order valence-corrected chi connectivity index (χ3v) is 6.32. The van der Waals surface area contributed by atoms with Gasteiger partial charge in [-0.2, -0.15) is 13.2 Å². The Balaban J connectivity index is 1.47. The SMILES string of the molecule is O=C1CC(C(=O)N2CCCCCC2c2ccncc2)CN1Cc1cccc(C(F)(F)F)c1. The number of nitrogens with zero attached hydrogens (tertiary/aromatic N) is 3. The molecule has 5 nitrogen and oxygen atoms in total. The molecule has 0 radical (unpaired) electrons. The van der Waals surface area contributed by atoms with Crippen molar-refractivity contribution in [2.75, 3.05) is 13.1 Å². The highest BCUT2D eigenvalue weighted by molar-refractivity contribution is 5.89. The maximum atomic E-state index is 13.4. The fraction of sp³-hybridized carbons (Fsp3) is 0.458. The molecule has 2 atom stereocenters. The Morgan fingerprint density at radius 3 is 2.62 bits per heavy atom. The summed E-state index contributed by atoms with van der Waals surface area (Å²) in [5.74, 6) is -0.722. The number of carbonyl (C=O) groups is 2. The van der Waals surface area contributed by atoms with E-state index >= 15 is 0 Å². The minimum Gasteiger partial charge on any atom is -0.338 e. The maximum absolute atomic E-state index is 13.4. The van der Waals surface area contributed by atoms with E-state index in [2.05, 4.69) is 4.98 Å². The lowest BCUT2D eigenvalue weighted by Gasteiger charge is -2.32. The number of amides is 2. The molecule has 2 aromatic rings. The van der Waals surface area contributed by atoms with Crippen LogP contribution < -0.4 is 0 Å². The van der Waals surface area contributed by atoms with E-state index in [1.165, 1.54) is 11.0 Å². The molecule has 2 amide bonds. The molecule has 0 bridgehead atoms. The van der Waals surface area contributed by atoms with E-state index in [0.29, 0.717) is 12.1 Å². The molecule has 1 aromatic heterocycles. The van der Waals surface area contributed by atoms with Crippen molar-refractivity contribution in [2.45, 2.75) is 50.9 Å². The van der Waals surface area contributed by atoms with E-state index in [0.717, 1.165) is 43.4 Å². The monoisotopic (exact) mass is 445 g/mol. The zero-order chi connectivity index (χ0) is 22.7. The Morgan fingerprint density at radius 2 is 1.88 bits per heavy atom. The average Bonchev–Trinajstić information content (AvgIpc) is 2.98. The molecule has 2 aliphatic heterocycles. The Labute approximate surface area is 185 Å². The minimum atomic E-state index is -4.43. The topological polar surface area (TPSA) is 53.5 Å². The predicted octanol–water partition coefficient (Wildman–Crippen LogP) is 4.59. The van der Waals surface area contributed by atoms with Gasteiger partial charge in [0, 0.05) is 38.4 Å². The molecular formula is C24H26F3N3O2. The van der Waals surface area contributed by atoms with Gasteiger partial charge in [0.1, 0.15) is 0 Å². The summed E-state index contributed by atoms with van der Waals surface area (Å²) in [7, 11) is 0. The van der Waals surface area contributed by atoms with E-state index in [1.54, 1.807) is 18.5 Å². The van der Waals surface area contributed by atoms with Crippen molar-refractivity contribution >= 4 is 11.8 Å². The van der Waals surface area contributed by atoms with Gasteiger partial charge in [0.25, 0.3) is 0 Å². The number of pyridine rings is 1. The largest absolute Gasteiger partial charge is 0.416 e. The Kier molecular flexibility index (Phi) is 6.48. The molecule has 170 valence electrons. The molecule has 3 heterocycles. The maximum Gasteiger partial charge on any atom is 0.416 e. The van der Waals surface area contributed by atoms with Crippen molar-refractivity contribution in [2.24, 2.45) is 5.92 Å². The van der Waals surface area contributed by atoms with Crippen LogP contribution in [-0.2, 0) is 22.3 Å². The van der Waals surface area contributed by atoms with Crippen molar-refractivity contribution < 1.29 is 22.8 Å². The molecule has 4 rings (SSSR count). The first-order chi connectivity index (χ1) is 15.3. The normalized spacial score (nSPS) is 22.2. The highest BCUT2D eigenvalue weighted by atomic mass is 19.4. The van der Waals surface area contributed by atoms with Crippen LogP contribution >= 0.6 is 0 Å². The van der Waals surface area contributed by atoms with Gasteiger partial charge in [-0.25, -0.2) is 0 Å². The fourth-order valence-corrected chi connectivity index (χ4v) is 4.70. The minimum absolute atomic E-state index is 0.0411. The number of alkyl halides is 3. The average molecular weight is 445 g/mol. The van der Waals surface area contributed by atoms with Gasteiger partial charge in [-0.15, -0.1) is 0 Å². The van der Waals surface area contributed by atoms with Crippen LogP contribution in [0.3, 0.4) is 0 Å². The number of benzene rings is 1. The van der Waals surface area contributed by atoms with E-state index < -0.39 is 17.7 Å². The van der Waals surface area contributed by atoms with Gasteiger partial charge in [0.15, 0.2) is 0 Å². The number of likely N-dealkylation sites (tertiary alicyclic amines) is 2. The number of carbonyl (C=O) groups excluding carboxylic acids is 2. The van der Waals surface area contributed by atoms with Gasteiger partial charge >= 0.3 is 6.18 Å². The second-order valence-electron chi connectivity index (χ2n) is 8.55. The molecule has 0 N–H and O–H groups in total. The zero-order valence-electron chi connectivity index (χ0n) is 17.7. The number of rotatable bonds is 4. The predicted molar refractivity (Wildman–Crippen MR) is 112 cm³/mol. The molecule has 2 saturated heterocycles. The van der Waals surface area contributed by atoms with Gasteiger partial charge in [-0.05, 0) is 48.2 Å². The first kappa shape index (κ1) is 22.3. The van der Waals surface area contributed by atoms with Crippen LogP contribution in [0.4, 0.5) is 13.2 Å². The molecule has 2 unspecified atom stereocenters. The van der Waals surface area contributed by atoms with Crippen molar-refractivity contribution in [1.29, 1.82) is 0 Å². The standard InChI is InChI=1S/C24H26F3N3O2/c25-24(26,27)20-6-4-5-17(13-20)15-29-16-19(14-22(29)31)23(32)30-12-3-1-2-7-21(30)18-8-10-28-11-9-18/h4-6,8-11,13,19,21H,1-3,7,12,14-16H2. The first-order valence-electron chi connectivity index (χ1n) is 11.0. The zero-order valence-corrected chi connectivity index (χ0v) is 17.7.